The summed E-state index contributed by atoms with van der Waals surface area (Å²) in [5.41, 5.74) is 1.13. The molecule has 9 heteroatoms. The maximum Gasteiger partial charge on any atom is 0.241 e. The summed E-state index contributed by atoms with van der Waals surface area (Å²) in [6.45, 7) is 7.38. The maximum absolute atomic E-state index is 11.9. The number of nitrogens with zero attached hydrogens (tertiary/aromatic N) is 4. The van der Waals surface area contributed by atoms with Crippen LogP contribution < -0.4 is 10.6 Å². The molecule has 0 spiro atoms. The molecule has 0 radical (unpaired) electrons. The second-order valence-corrected chi connectivity index (χ2v) is 8.22. The summed E-state index contributed by atoms with van der Waals surface area (Å²) in [5, 5.41) is 6.61. The number of piperazine rings is 3. The van der Waals surface area contributed by atoms with Crippen LogP contribution in [0.1, 0.15) is 5.56 Å². The molecule has 28 heavy (non-hydrogen) atoms. The molecule has 4 rings (SSSR count). The Bertz CT molecular complexity index is 661. The average molecular weight is 565 g/mol. The highest BCUT2D eigenvalue weighted by Gasteiger charge is 2.31. The molecule has 0 aromatic heterocycles. The van der Waals surface area contributed by atoms with Crippen molar-refractivity contribution in [3.63, 3.8) is 0 Å². The van der Waals surface area contributed by atoms with Crippen molar-refractivity contribution in [2.75, 3.05) is 59.9 Å². The molecule has 1 aromatic carbocycles. The first-order chi connectivity index (χ1) is 13.0. The number of benzene rings is 1. The summed E-state index contributed by atoms with van der Waals surface area (Å²) in [4.78, 5) is 23.3. The van der Waals surface area contributed by atoms with Gasteiger partial charge in [0.05, 0.1) is 13.1 Å². The summed E-state index contributed by atoms with van der Waals surface area (Å²) >= 11 is 3.45. The van der Waals surface area contributed by atoms with Crippen LogP contribution in [0.2, 0.25) is 0 Å². The highest BCUT2D eigenvalue weighted by molar-refractivity contribution is 14.0. The van der Waals surface area contributed by atoms with E-state index in [-0.39, 0.29) is 36.4 Å². The van der Waals surface area contributed by atoms with E-state index in [2.05, 4.69) is 53.5 Å². The van der Waals surface area contributed by atoms with Gasteiger partial charge in [0.2, 0.25) is 5.91 Å². The van der Waals surface area contributed by atoms with E-state index >= 15 is 0 Å². The molecule has 156 valence electrons. The van der Waals surface area contributed by atoms with Crippen LogP contribution in [0.4, 0.5) is 0 Å². The van der Waals surface area contributed by atoms with E-state index < -0.39 is 0 Å². The van der Waals surface area contributed by atoms with Crippen LogP contribution in [0.5, 0.6) is 0 Å². The lowest BCUT2D eigenvalue weighted by molar-refractivity contribution is -0.127. The Labute approximate surface area is 193 Å². The van der Waals surface area contributed by atoms with Gasteiger partial charge in [-0.25, -0.2) is 4.99 Å². The predicted molar refractivity (Wildman–Crippen MR) is 127 cm³/mol. The lowest BCUT2D eigenvalue weighted by atomic mass is 10.1. The van der Waals surface area contributed by atoms with Crippen LogP contribution in [-0.2, 0) is 11.3 Å². The second kappa shape index (κ2) is 11.3. The standard InChI is InChI=1S/C19H29BrN6O.HI/c1-24(2)18(27)13-23-19(21-11-15-3-5-16(20)6-4-15)22-12-17-14-25-7-9-26(17)10-8-25;/h3-6,17H,7-14H2,1-2H3,(H2,21,22,23);1H. The van der Waals surface area contributed by atoms with Crippen LogP contribution in [0.15, 0.2) is 33.7 Å². The fraction of sp³-hybridized carbons (Fsp3) is 0.579. The zero-order valence-corrected chi connectivity index (χ0v) is 20.4. The fourth-order valence-electron chi connectivity index (χ4n) is 3.38. The van der Waals surface area contributed by atoms with Gasteiger partial charge >= 0.3 is 0 Å². The molecule has 3 heterocycles. The minimum absolute atomic E-state index is 0. The van der Waals surface area contributed by atoms with E-state index in [0.29, 0.717) is 18.5 Å². The number of halogens is 2. The van der Waals surface area contributed by atoms with Crippen LogP contribution >= 0.6 is 39.9 Å². The molecule has 1 aromatic rings. The predicted octanol–water partition coefficient (Wildman–Crippen LogP) is 1.19. The number of carbonyl (C=O) groups is 1. The quantitative estimate of drug-likeness (QED) is 0.309. The van der Waals surface area contributed by atoms with Gasteiger partial charge in [0, 0.05) is 63.9 Å². The first-order valence-electron chi connectivity index (χ1n) is 9.44. The van der Waals surface area contributed by atoms with Crippen molar-refractivity contribution in [2.45, 2.75) is 12.6 Å². The normalized spacial score (nSPS) is 23.7. The number of likely N-dealkylation sites (N-methyl/N-ethyl adjacent to an activating group) is 1. The maximum atomic E-state index is 11.9. The van der Waals surface area contributed by atoms with Gasteiger partial charge in [-0.1, -0.05) is 28.1 Å². The van der Waals surface area contributed by atoms with Gasteiger partial charge < -0.3 is 15.5 Å². The zero-order chi connectivity index (χ0) is 19.2. The summed E-state index contributed by atoms with van der Waals surface area (Å²) in [5.74, 6) is 0.713. The van der Waals surface area contributed by atoms with Crippen LogP contribution in [0.3, 0.4) is 0 Å². The molecule has 0 aliphatic carbocycles. The number of hydrogen-bond acceptors (Lipinski definition) is 4. The topological polar surface area (TPSA) is 63.2 Å². The van der Waals surface area contributed by atoms with E-state index in [0.717, 1.165) is 36.2 Å². The smallest absolute Gasteiger partial charge is 0.241 e. The van der Waals surface area contributed by atoms with Gasteiger partial charge in [-0.2, -0.15) is 0 Å². The van der Waals surface area contributed by atoms with Crippen LogP contribution in [0, 0.1) is 0 Å². The molecule has 7 nitrogen and oxygen atoms in total. The molecule has 1 unspecified atom stereocenters. The van der Waals surface area contributed by atoms with Gasteiger partial charge in [-0.05, 0) is 17.7 Å². The van der Waals surface area contributed by atoms with Crippen LogP contribution in [-0.4, -0.2) is 92.5 Å². The summed E-state index contributed by atoms with van der Waals surface area (Å²) in [7, 11) is 3.52. The van der Waals surface area contributed by atoms with Crippen molar-refractivity contribution in [3.8, 4) is 0 Å². The van der Waals surface area contributed by atoms with Crippen molar-refractivity contribution in [1.82, 2.24) is 25.3 Å². The minimum Gasteiger partial charge on any atom is -0.355 e. The van der Waals surface area contributed by atoms with Crippen molar-refractivity contribution >= 4 is 51.8 Å². The summed E-state index contributed by atoms with van der Waals surface area (Å²) < 4.78 is 1.06. The molecule has 0 saturated carbocycles. The van der Waals surface area contributed by atoms with E-state index in [1.165, 1.54) is 13.1 Å². The van der Waals surface area contributed by atoms with E-state index in [1.807, 2.05) is 12.1 Å². The molecule has 3 aliphatic heterocycles. The number of guanidine groups is 1. The Morgan fingerprint density at radius 1 is 1.18 bits per heavy atom. The largest absolute Gasteiger partial charge is 0.355 e. The van der Waals surface area contributed by atoms with Gasteiger partial charge in [0.25, 0.3) is 0 Å². The summed E-state index contributed by atoms with van der Waals surface area (Å²) in [6.07, 6.45) is 0. The first-order valence-corrected chi connectivity index (χ1v) is 10.2. The lowest BCUT2D eigenvalue weighted by Gasteiger charge is -2.47. The highest BCUT2D eigenvalue weighted by Crippen LogP contribution is 2.15. The van der Waals surface area contributed by atoms with E-state index in [1.54, 1.807) is 19.0 Å². The molecule has 3 fully saturated rings. The average Bonchev–Trinajstić information content (AvgIpc) is 2.69. The van der Waals surface area contributed by atoms with E-state index in [9.17, 15) is 4.79 Å². The molecule has 1 atom stereocenters. The Kier molecular flexibility index (Phi) is 9.45. The molecule has 2 bridgehead atoms. The summed E-state index contributed by atoms with van der Waals surface area (Å²) in [6, 6.07) is 8.63. The highest BCUT2D eigenvalue weighted by atomic mass is 127. The third-order valence-corrected chi connectivity index (χ3v) is 5.66. The second-order valence-electron chi connectivity index (χ2n) is 7.30. The van der Waals surface area contributed by atoms with Crippen molar-refractivity contribution in [3.05, 3.63) is 34.3 Å². The Morgan fingerprint density at radius 2 is 1.86 bits per heavy atom. The molecule has 3 saturated heterocycles. The molecular formula is C19H30BrIN6O. The first kappa shape index (κ1) is 23.4. The fourth-order valence-corrected chi connectivity index (χ4v) is 3.65. The number of carbonyl (C=O) groups excluding carboxylic acids is 1. The molecule has 1 amide bonds. The molecular weight excluding hydrogens is 535 g/mol. The van der Waals surface area contributed by atoms with Gasteiger partial charge in [-0.3, -0.25) is 14.6 Å². The van der Waals surface area contributed by atoms with Gasteiger partial charge in [-0.15, -0.1) is 24.0 Å². The van der Waals surface area contributed by atoms with Crippen LogP contribution in [0.25, 0.3) is 0 Å². The number of hydrogen-bond donors (Lipinski definition) is 2. The number of rotatable bonds is 6. The number of nitrogens with one attached hydrogen (secondary N) is 2. The minimum atomic E-state index is 0. The van der Waals surface area contributed by atoms with Crippen molar-refractivity contribution in [1.29, 1.82) is 0 Å². The number of fused-ring (bicyclic) bond motifs is 3. The zero-order valence-electron chi connectivity index (χ0n) is 16.5. The Balaban J connectivity index is 0.00000280. The van der Waals surface area contributed by atoms with Gasteiger partial charge in [0.1, 0.15) is 0 Å². The Hall–Kier alpha value is -0.910. The molecule has 2 N–H and O–H groups in total. The monoisotopic (exact) mass is 564 g/mol. The van der Waals surface area contributed by atoms with Gasteiger partial charge in [0.15, 0.2) is 5.96 Å². The molecule has 3 aliphatic rings. The number of amides is 1. The van der Waals surface area contributed by atoms with E-state index in [4.69, 9.17) is 0 Å². The third-order valence-electron chi connectivity index (χ3n) is 5.14. The Morgan fingerprint density at radius 3 is 2.43 bits per heavy atom. The third kappa shape index (κ3) is 6.85. The van der Waals surface area contributed by atoms with Crippen molar-refractivity contribution < 1.29 is 4.79 Å². The lowest BCUT2D eigenvalue weighted by Crippen LogP contribution is -2.64. The number of aliphatic imine (C=N–C) groups is 1. The van der Waals surface area contributed by atoms with Crippen molar-refractivity contribution in [2.24, 2.45) is 4.99 Å². The SMILES string of the molecule is CN(C)C(=O)CNC(=NCc1ccc(Br)cc1)NCC1CN2CCN1CC2.I.